The molecule has 0 N–H and O–H groups in total. The Morgan fingerprint density at radius 3 is 2.50 bits per heavy atom. The molecule has 26 heavy (non-hydrogen) atoms. The molecule has 142 valence electrons. The van der Waals surface area contributed by atoms with Crippen molar-refractivity contribution in [3.8, 4) is 0 Å². The van der Waals surface area contributed by atoms with Gasteiger partial charge in [-0.1, -0.05) is 34.1 Å². The first-order chi connectivity index (χ1) is 12.3. The molecule has 0 unspecified atom stereocenters. The number of carbonyl (C=O) groups is 1. The van der Waals surface area contributed by atoms with E-state index < -0.39 is 14.8 Å². The summed E-state index contributed by atoms with van der Waals surface area (Å²) in [6, 6.07) is 6.17. The molecular weight excluding hydrogens is 418 g/mol. The predicted octanol–water partition coefficient (Wildman–Crippen LogP) is 3.31. The molecule has 0 aromatic heterocycles. The number of hydrogen-bond acceptors (Lipinski definition) is 4. The Balaban J connectivity index is 1.84. The molecule has 7 heteroatoms. The standard InChI is InChI=1S/C19H24BrNO4S/c1-14-13-17(3-4-18(14)20)16-5-9-21(10-6-16)26(23,24)19(15(2)22)7-11-25-12-8-19/h3-5,13H,6-12H2,1-2H3. The van der Waals surface area contributed by atoms with E-state index in [1.165, 1.54) is 11.2 Å². The van der Waals surface area contributed by atoms with Crippen molar-refractivity contribution < 1.29 is 17.9 Å². The molecule has 2 heterocycles. The fraction of sp³-hybridized carbons (Fsp3) is 0.526. The van der Waals surface area contributed by atoms with Crippen molar-refractivity contribution in [2.24, 2.45) is 0 Å². The summed E-state index contributed by atoms with van der Waals surface area (Å²) in [5.41, 5.74) is 3.42. The first-order valence-electron chi connectivity index (χ1n) is 8.82. The fourth-order valence-electron chi connectivity index (χ4n) is 3.72. The molecule has 1 saturated heterocycles. The van der Waals surface area contributed by atoms with Crippen LogP contribution >= 0.6 is 15.9 Å². The van der Waals surface area contributed by atoms with E-state index in [-0.39, 0.29) is 18.6 Å². The Bertz CT molecular complexity index is 841. The summed E-state index contributed by atoms with van der Waals surface area (Å²) in [4.78, 5) is 12.3. The van der Waals surface area contributed by atoms with Crippen LogP contribution in [0.1, 0.15) is 37.3 Å². The zero-order valence-electron chi connectivity index (χ0n) is 15.1. The van der Waals surface area contributed by atoms with Crippen LogP contribution in [-0.2, 0) is 19.6 Å². The van der Waals surface area contributed by atoms with Crippen LogP contribution in [0.2, 0.25) is 0 Å². The normalized spacial score (nSPS) is 21.3. The maximum atomic E-state index is 13.3. The van der Waals surface area contributed by atoms with Gasteiger partial charge < -0.3 is 4.74 Å². The van der Waals surface area contributed by atoms with E-state index in [2.05, 4.69) is 22.0 Å². The highest BCUT2D eigenvalue weighted by atomic mass is 79.9. The maximum Gasteiger partial charge on any atom is 0.227 e. The molecule has 0 spiro atoms. The van der Waals surface area contributed by atoms with Crippen molar-refractivity contribution in [1.82, 2.24) is 4.31 Å². The molecule has 2 aliphatic heterocycles. The number of rotatable bonds is 4. The van der Waals surface area contributed by atoms with Crippen LogP contribution in [0.3, 0.4) is 0 Å². The number of hydrogen-bond donors (Lipinski definition) is 0. The maximum absolute atomic E-state index is 13.3. The van der Waals surface area contributed by atoms with Crippen LogP contribution < -0.4 is 0 Å². The van der Waals surface area contributed by atoms with Crippen LogP contribution in [0.5, 0.6) is 0 Å². The van der Waals surface area contributed by atoms with E-state index in [4.69, 9.17) is 4.74 Å². The van der Waals surface area contributed by atoms with Gasteiger partial charge in [-0.15, -0.1) is 0 Å². The van der Waals surface area contributed by atoms with E-state index in [0.29, 0.717) is 32.7 Å². The minimum Gasteiger partial charge on any atom is -0.381 e. The lowest BCUT2D eigenvalue weighted by molar-refractivity contribution is -0.122. The zero-order chi connectivity index (χ0) is 18.9. The summed E-state index contributed by atoms with van der Waals surface area (Å²) in [5.74, 6) is -0.279. The summed E-state index contributed by atoms with van der Waals surface area (Å²) in [6.07, 6.45) is 3.09. The topological polar surface area (TPSA) is 63.7 Å². The van der Waals surface area contributed by atoms with E-state index in [0.717, 1.165) is 21.2 Å². The summed E-state index contributed by atoms with van der Waals surface area (Å²) >= 11 is 3.50. The third kappa shape index (κ3) is 3.42. The summed E-state index contributed by atoms with van der Waals surface area (Å²) in [5, 5.41) is 0. The van der Waals surface area contributed by atoms with Gasteiger partial charge >= 0.3 is 0 Å². The molecule has 1 fully saturated rings. The summed E-state index contributed by atoms with van der Waals surface area (Å²) in [6.45, 7) is 4.76. The van der Waals surface area contributed by atoms with Crippen molar-refractivity contribution in [2.45, 2.75) is 37.9 Å². The second kappa shape index (κ2) is 7.54. The Kier molecular flexibility index (Phi) is 5.72. The van der Waals surface area contributed by atoms with Crippen molar-refractivity contribution in [3.63, 3.8) is 0 Å². The molecule has 0 radical (unpaired) electrons. The Morgan fingerprint density at radius 1 is 1.27 bits per heavy atom. The minimum absolute atomic E-state index is 0.240. The molecular formula is C19H24BrNO4S. The van der Waals surface area contributed by atoms with Gasteiger partial charge in [0.15, 0.2) is 5.78 Å². The van der Waals surface area contributed by atoms with E-state index in [9.17, 15) is 13.2 Å². The van der Waals surface area contributed by atoms with Crippen molar-refractivity contribution >= 4 is 37.3 Å². The second-order valence-corrected chi connectivity index (χ2v) is 10.1. The lowest BCUT2D eigenvalue weighted by atomic mass is 9.95. The van der Waals surface area contributed by atoms with Gasteiger partial charge in [-0.3, -0.25) is 4.79 Å². The highest BCUT2D eigenvalue weighted by Crippen LogP contribution is 2.35. The Hall–Kier alpha value is -1.02. The second-order valence-electron chi connectivity index (χ2n) is 6.97. The van der Waals surface area contributed by atoms with Crippen LogP contribution in [0.25, 0.3) is 5.57 Å². The van der Waals surface area contributed by atoms with Gasteiger partial charge in [-0.05, 0) is 55.9 Å². The van der Waals surface area contributed by atoms with Gasteiger partial charge in [0, 0.05) is 30.8 Å². The third-order valence-corrected chi connectivity index (χ3v) is 9.06. The molecule has 0 saturated carbocycles. The quantitative estimate of drug-likeness (QED) is 0.718. The van der Waals surface area contributed by atoms with Gasteiger partial charge in [-0.2, -0.15) is 4.31 Å². The molecule has 2 aliphatic rings. The lowest BCUT2D eigenvalue weighted by Crippen LogP contribution is -2.56. The molecule has 1 aromatic rings. The Labute approximate surface area is 163 Å². The number of benzene rings is 1. The number of ketones is 1. The largest absolute Gasteiger partial charge is 0.381 e. The molecule has 1 aromatic carbocycles. The SMILES string of the molecule is CC(=O)C1(S(=O)(=O)N2CC=C(c3ccc(Br)c(C)c3)CC2)CCOCC1. The molecule has 5 nitrogen and oxygen atoms in total. The smallest absolute Gasteiger partial charge is 0.227 e. The lowest BCUT2D eigenvalue weighted by Gasteiger charge is -2.39. The first kappa shape index (κ1) is 19.7. The molecule has 0 atom stereocenters. The Morgan fingerprint density at radius 2 is 1.96 bits per heavy atom. The molecule has 3 rings (SSSR count). The predicted molar refractivity (Wildman–Crippen MR) is 105 cm³/mol. The van der Waals surface area contributed by atoms with Crippen molar-refractivity contribution in [1.29, 1.82) is 0 Å². The number of halogens is 1. The number of sulfonamides is 1. The first-order valence-corrected chi connectivity index (χ1v) is 11.1. The van der Waals surface area contributed by atoms with Crippen LogP contribution in [0.4, 0.5) is 0 Å². The van der Waals surface area contributed by atoms with E-state index in [1.807, 2.05) is 25.1 Å². The number of Topliss-reactive ketones (excluding diaryl/α,β-unsaturated/α-hetero) is 1. The monoisotopic (exact) mass is 441 g/mol. The summed E-state index contributed by atoms with van der Waals surface area (Å²) in [7, 11) is -3.71. The number of nitrogens with zero attached hydrogens (tertiary/aromatic N) is 1. The molecule has 0 amide bonds. The van der Waals surface area contributed by atoms with Crippen LogP contribution in [-0.4, -0.2) is 49.6 Å². The number of aryl methyl sites for hydroxylation is 1. The van der Waals surface area contributed by atoms with Crippen molar-refractivity contribution in [3.05, 3.63) is 39.9 Å². The third-order valence-electron chi connectivity index (χ3n) is 5.48. The van der Waals surface area contributed by atoms with Gasteiger partial charge in [0.05, 0.1) is 0 Å². The number of carbonyl (C=O) groups excluding carboxylic acids is 1. The van der Waals surface area contributed by atoms with Crippen molar-refractivity contribution in [2.75, 3.05) is 26.3 Å². The van der Waals surface area contributed by atoms with Gasteiger partial charge in [0.25, 0.3) is 0 Å². The average Bonchev–Trinajstić information content (AvgIpc) is 2.64. The fourth-order valence-corrected chi connectivity index (χ4v) is 6.10. The van der Waals surface area contributed by atoms with Crippen LogP contribution in [0, 0.1) is 6.92 Å². The van der Waals surface area contributed by atoms with Gasteiger partial charge in [-0.25, -0.2) is 8.42 Å². The average molecular weight is 442 g/mol. The highest BCUT2D eigenvalue weighted by Gasteiger charge is 2.52. The van der Waals surface area contributed by atoms with Gasteiger partial charge in [0.1, 0.15) is 4.75 Å². The minimum atomic E-state index is -3.71. The highest BCUT2D eigenvalue weighted by molar-refractivity contribution is 9.10. The summed E-state index contributed by atoms with van der Waals surface area (Å²) < 4.78 is 33.0. The van der Waals surface area contributed by atoms with Gasteiger partial charge in [0.2, 0.25) is 10.0 Å². The molecule has 0 bridgehead atoms. The van der Waals surface area contributed by atoms with E-state index >= 15 is 0 Å². The zero-order valence-corrected chi connectivity index (χ0v) is 17.5. The van der Waals surface area contributed by atoms with Crippen LogP contribution in [0.15, 0.2) is 28.7 Å². The molecule has 0 aliphatic carbocycles. The van der Waals surface area contributed by atoms with E-state index in [1.54, 1.807) is 0 Å². The number of ether oxygens (including phenoxy) is 1.